The number of halogens is 1. The quantitative estimate of drug-likeness (QED) is 0.647. The van der Waals surface area contributed by atoms with Crippen LogP contribution in [0.1, 0.15) is 22.7 Å². The number of hydrogen-bond acceptors (Lipinski definition) is 3. The molecule has 0 radical (unpaired) electrons. The normalized spacial score (nSPS) is 12.6. The molecule has 2 nitrogen and oxygen atoms in total. The van der Waals surface area contributed by atoms with Crippen LogP contribution in [0.25, 0.3) is 0 Å². The third-order valence-electron chi connectivity index (χ3n) is 2.81. The van der Waals surface area contributed by atoms with Crippen molar-refractivity contribution in [1.82, 2.24) is 5.43 Å². The molecule has 0 aliphatic rings. The molecule has 1 aromatic carbocycles. The molecular weight excluding hydrogens is 235 g/mol. The predicted octanol–water partition coefficient (Wildman–Crippen LogP) is 2.94. The van der Waals surface area contributed by atoms with E-state index in [2.05, 4.69) is 16.9 Å². The first-order chi connectivity index (χ1) is 8.20. The van der Waals surface area contributed by atoms with Crippen LogP contribution in [0.4, 0.5) is 4.39 Å². The van der Waals surface area contributed by atoms with Gasteiger partial charge in [0.05, 0.1) is 6.04 Å². The van der Waals surface area contributed by atoms with E-state index in [1.807, 2.05) is 11.4 Å². The first-order valence-corrected chi connectivity index (χ1v) is 6.38. The summed E-state index contributed by atoms with van der Waals surface area (Å²) in [7, 11) is 0. The van der Waals surface area contributed by atoms with E-state index in [-0.39, 0.29) is 11.9 Å². The summed E-state index contributed by atoms with van der Waals surface area (Å²) in [5.41, 5.74) is 5.68. The molecule has 1 heterocycles. The standard InChI is InChI=1S/C13H15FN2S/c1-9-6-11(2-3-12(9)14)13(16-15)7-10-4-5-17-8-10/h2-6,8,13,16H,7,15H2,1H3. The largest absolute Gasteiger partial charge is 0.271 e. The van der Waals surface area contributed by atoms with Gasteiger partial charge < -0.3 is 0 Å². The Morgan fingerprint density at radius 3 is 2.82 bits per heavy atom. The number of nitrogens with two attached hydrogens (primary N) is 1. The lowest BCUT2D eigenvalue weighted by molar-refractivity contribution is 0.548. The van der Waals surface area contributed by atoms with Crippen LogP contribution >= 0.6 is 11.3 Å². The molecular formula is C13H15FN2S. The highest BCUT2D eigenvalue weighted by Crippen LogP contribution is 2.21. The van der Waals surface area contributed by atoms with Crippen LogP contribution in [0.15, 0.2) is 35.0 Å². The zero-order chi connectivity index (χ0) is 12.3. The number of hydrazine groups is 1. The van der Waals surface area contributed by atoms with Crippen molar-refractivity contribution in [2.75, 3.05) is 0 Å². The van der Waals surface area contributed by atoms with Gasteiger partial charge in [-0.15, -0.1) is 0 Å². The van der Waals surface area contributed by atoms with Crippen molar-refractivity contribution in [1.29, 1.82) is 0 Å². The van der Waals surface area contributed by atoms with Crippen LogP contribution in [0.3, 0.4) is 0 Å². The fourth-order valence-corrected chi connectivity index (χ4v) is 2.48. The van der Waals surface area contributed by atoms with E-state index >= 15 is 0 Å². The summed E-state index contributed by atoms with van der Waals surface area (Å²) in [6.07, 6.45) is 0.811. The molecule has 17 heavy (non-hydrogen) atoms. The summed E-state index contributed by atoms with van der Waals surface area (Å²) in [6.45, 7) is 1.76. The number of nitrogens with one attached hydrogen (secondary N) is 1. The van der Waals surface area contributed by atoms with Crippen LogP contribution in [-0.2, 0) is 6.42 Å². The molecule has 1 aromatic heterocycles. The van der Waals surface area contributed by atoms with Crippen LogP contribution in [0.5, 0.6) is 0 Å². The average molecular weight is 250 g/mol. The van der Waals surface area contributed by atoms with E-state index in [0.29, 0.717) is 5.56 Å². The molecule has 2 rings (SSSR count). The van der Waals surface area contributed by atoms with Crippen molar-refractivity contribution < 1.29 is 4.39 Å². The Morgan fingerprint density at radius 2 is 2.24 bits per heavy atom. The van der Waals surface area contributed by atoms with Crippen molar-refractivity contribution in [2.45, 2.75) is 19.4 Å². The van der Waals surface area contributed by atoms with Gasteiger partial charge in [-0.05, 0) is 52.9 Å². The van der Waals surface area contributed by atoms with Gasteiger partial charge in [-0.2, -0.15) is 11.3 Å². The molecule has 3 N–H and O–H groups in total. The van der Waals surface area contributed by atoms with E-state index in [1.165, 1.54) is 11.6 Å². The van der Waals surface area contributed by atoms with Gasteiger partial charge in [0.25, 0.3) is 0 Å². The minimum absolute atomic E-state index is 0.0175. The minimum atomic E-state index is -0.181. The Bertz CT molecular complexity index is 482. The van der Waals surface area contributed by atoms with Gasteiger partial charge in [0.15, 0.2) is 0 Å². The smallest absolute Gasteiger partial charge is 0.126 e. The van der Waals surface area contributed by atoms with Gasteiger partial charge >= 0.3 is 0 Å². The Kier molecular flexibility index (Phi) is 3.89. The van der Waals surface area contributed by atoms with Crippen LogP contribution < -0.4 is 11.3 Å². The highest BCUT2D eigenvalue weighted by molar-refractivity contribution is 7.07. The summed E-state index contributed by atoms with van der Waals surface area (Å²) in [6, 6.07) is 7.20. The summed E-state index contributed by atoms with van der Waals surface area (Å²) in [5.74, 6) is 5.39. The van der Waals surface area contributed by atoms with E-state index in [1.54, 1.807) is 24.3 Å². The van der Waals surface area contributed by atoms with Crippen LogP contribution in [0, 0.1) is 12.7 Å². The average Bonchev–Trinajstić information content (AvgIpc) is 2.82. The fourth-order valence-electron chi connectivity index (χ4n) is 1.80. The highest BCUT2D eigenvalue weighted by Gasteiger charge is 2.12. The lowest BCUT2D eigenvalue weighted by Gasteiger charge is -2.16. The molecule has 0 aliphatic carbocycles. The lowest BCUT2D eigenvalue weighted by atomic mass is 9.99. The number of thiophene rings is 1. The second-order valence-electron chi connectivity index (χ2n) is 4.06. The van der Waals surface area contributed by atoms with E-state index in [4.69, 9.17) is 5.84 Å². The number of rotatable bonds is 4. The minimum Gasteiger partial charge on any atom is -0.271 e. The Hall–Kier alpha value is -1.23. The Balaban J connectivity index is 2.20. The number of benzene rings is 1. The number of hydrogen-bond donors (Lipinski definition) is 2. The molecule has 1 atom stereocenters. The summed E-state index contributed by atoms with van der Waals surface area (Å²) in [5, 5.41) is 4.14. The summed E-state index contributed by atoms with van der Waals surface area (Å²) < 4.78 is 13.2. The van der Waals surface area contributed by atoms with Crippen molar-refractivity contribution in [3.05, 3.63) is 57.5 Å². The lowest BCUT2D eigenvalue weighted by Crippen LogP contribution is -2.29. The van der Waals surface area contributed by atoms with Crippen molar-refractivity contribution in [2.24, 2.45) is 5.84 Å². The monoisotopic (exact) mass is 250 g/mol. The molecule has 0 fully saturated rings. The second kappa shape index (κ2) is 5.40. The van der Waals surface area contributed by atoms with E-state index < -0.39 is 0 Å². The van der Waals surface area contributed by atoms with Crippen molar-refractivity contribution >= 4 is 11.3 Å². The van der Waals surface area contributed by atoms with Gasteiger partial charge in [-0.3, -0.25) is 11.3 Å². The molecule has 0 spiro atoms. The van der Waals surface area contributed by atoms with Gasteiger partial charge in [0, 0.05) is 0 Å². The molecule has 2 aromatic rings. The molecule has 0 saturated carbocycles. The first kappa shape index (κ1) is 12.2. The maximum Gasteiger partial charge on any atom is 0.126 e. The zero-order valence-corrected chi connectivity index (χ0v) is 10.4. The molecule has 0 saturated heterocycles. The third kappa shape index (κ3) is 2.91. The van der Waals surface area contributed by atoms with E-state index in [0.717, 1.165) is 12.0 Å². The topological polar surface area (TPSA) is 38.0 Å². The maximum absolute atomic E-state index is 13.2. The zero-order valence-electron chi connectivity index (χ0n) is 9.61. The van der Waals surface area contributed by atoms with Gasteiger partial charge in [-0.1, -0.05) is 12.1 Å². The van der Waals surface area contributed by atoms with Crippen LogP contribution in [-0.4, -0.2) is 0 Å². The Labute approximate surface area is 104 Å². The van der Waals surface area contributed by atoms with Crippen molar-refractivity contribution in [3.63, 3.8) is 0 Å². The molecule has 0 bridgehead atoms. The van der Waals surface area contributed by atoms with E-state index in [9.17, 15) is 4.39 Å². The molecule has 90 valence electrons. The van der Waals surface area contributed by atoms with Gasteiger partial charge in [-0.25, -0.2) is 4.39 Å². The van der Waals surface area contributed by atoms with Gasteiger partial charge in [0.1, 0.15) is 5.82 Å². The summed E-state index contributed by atoms with van der Waals surface area (Å²) >= 11 is 1.66. The predicted molar refractivity (Wildman–Crippen MR) is 69.2 cm³/mol. The molecule has 4 heteroatoms. The highest BCUT2D eigenvalue weighted by atomic mass is 32.1. The Morgan fingerprint density at radius 1 is 1.41 bits per heavy atom. The SMILES string of the molecule is Cc1cc(C(Cc2ccsc2)NN)ccc1F. The molecule has 0 amide bonds. The molecule has 0 aliphatic heterocycles. The second-order valence-corrected chi connectivity index (χ2v) is 4.84. The third-order valence-corrected chi connectivity index (χ3v) is 3.54. The maximum atomic E-state index is 13.2. The first-order valence-electron chi connectivity index (χ1n) is 5.44. The van der Waals surface area contributed by atoms with Gasteiger partial charge in [0.2, 0.25) is 0 Å². The van der Waals surface area contributed by atoms with Crippen molar-refractivity contribution in [3.8, 4) is 0 Å². The molecule has 1 unspecified atom stereocenters. The fraction of sp³-hybridized carbons (Fsp3) is 0.231. The summed E-state index contributed by atoms with van der Waals surface area (Å²) in [4.78, 5) is 0. The number of aryl methyl sites for hydroxylation is 1. The van der Waals surface area contributed by atoms with Crippen LogP contribution in [0.2, 0.25) is 0 Å².